The van der Waals surface area contributed by atoms with Crippen LogP contribution in [-0.4, -0.2) is 26.0 Å². The lowest BCUT2D eigenvalue weighted by Crippen LogP contribution is -2.34. The van der Waals surface area contributed by atoms with E-state index < -0.39 is 0 Å². The van der Waals surface area contributed by atoms with Crippen LogP contribution < -0.4 is 10.6 Å². The Hall–Kier alpha value is -0.570. The Morgan fingerprint density at radius 3 is 2.58 bits per heavy atom. The Morgan fingerprint density at radius 2 is 2.00 bits per heavy atom. The van der Waals surface area contributed by atoms with E-state index in [-0.39, 0.29) is 5.91 Å². The van der Waals surface area contributed by atoms with Crippen molar-refractivity contribution >= 4 is 5.91 Å². The van der Waals surface area contributed by atoms with Crippen molar-refractivity contribution in [2.24, 2.45) is 5.92 Å². The van der Waals surface area contributed by atoms with Gasteiger partial charge in [0.05, 0.1) is 0 Å². The molecule has 0 aromatic carbocycles. The first-order valence-electron chi connectivity index (χ1n) is 4.77. The van der Waals surface area contributed by atoms with Crippen molar-refractivity contribution in [2.75, 3.05) is 20.1 Å². The number of carbonyl (C=O) groups is 1. The van der Waals surface area contributed by atoms with Gasteiger partial charge < -0.3 is 10.6 Å². The summed E-state index contributed by atoms with van der Waals surface area (Å²) in [4.78, 5) is 11.4. The molecule has 0 aromatic rings. The average Bonchev–Trinajstić information content (AvgIpc) is 2.56. The van der Waals surface area contributed by atoms with Crippen LogP contribution >= 0.6 is 0 Å². The summed E-state index contributed by atoms with van der Waals surface area (Å²) in [6, 6.07) is 0. The van der Waals surface area contributed by atoms with Crippen molar-refractivity contribution in [3.05, 3.63) is 0 Å². The van der Waals surface area contributed by atoms with Crippen molar-refractivity contribution < 1.29 is 4.79 Å². The van der Waals surface area contributed by atoms with Gasteiger partial charge in [-0.2, -0.15) is 0 Å². The van der Waals surface area contributed by atoms with E-state index in [1.807, 2.05) is 7.05 Å². The van der Waals surface area contributed by atoms with E-state index >= 15 is 0 Å². The van der Waals surface area contributed by atoms with Crippen LogP contribution in [0.5, 0.6) is 0 Å². The maximum Gasteiger partial charge on any atom is 0.223 e. The van der Waals surface area contributed by atoms with Gasteiger partial charge in [0, 0.05) is 19.0 Å². The van der Waals surface area contributed by atoms with Crippen molar-refractivity contribution in [1.82, 2.24) is 10.6 Å². The predicted molar refractivity (Wildman–Crippen MR) is 48.9 cm³/mol. The molecule has 0 spiro atoms. The number of likely N-dealkylation sites (N-methyl/N-ethyl adjacent to an activating group) is 1. The normalized spacial score (nSPS) is 18.1. The first kappa shape index (κ1) is 9.52. The van der Waals surface area contributed by atoms with E-state index in [9.17, 15) is 4.79 Å². The fourth-order valence-electron chi connectivity index (χ4n) is 1.64. The molecule has 1 aliphatic rings. The molecule has 1 fully saturated rings. The van der Waals surface area contributed by atoms with E-state index in [2.05, 4.69) is 10.6 Å². The molecule has 0 bridgehead atoms. The lowest BCUT2D eigenvalue weighted by Gasteiger charge is -2.09. The van der Waals surface area contributed by atoms with Gasteiger partial charge >= 0.3 is 0 Å². The number of nitrogens with one attached hydrogen (secondary N) is 2. The topological polar surface area (TPSA) is 41.1 Å². The zero-order valence-corrected chi connectivity index (χ0v) is 7.73. The molecule has 0 unspecified atom stereocenters. The highest BCUT2D eigenvalue weighted by atomic mass is 16.1. The Morgan fingerprint density at radius 1 is 1.33 bits per heavy atom. The second-order valence-corrected chi connectivity index (χ2v) is 3.38. The lowest BCUT2D eigenvalue weighted by molar-refractivity contribution is -0.124. The Balaban J connectivity index is 2.10. The monoisotopic (exact) mass is 170 g/mol. The van der Waals surface area contributed by atoms with Gasteiger partial charge in [-0.1, -0.05) is 12.8 Å². The Kier molecular flexibility index (Phi) is 4.08. The highest BCUT2D eigenvalue weighted by molar-refractivity contribution is 5.78. The Bertz CT molecular complexity index is 141. The third-order valence-electron chi connectivity index (χ3n) is 2.40. The van der Waals surface area contributed by atoms with Crippen LogP contribution in [0.1, 0.15) is 25.7 Å². The number of hydrogen-bond acceptors (Lipinski definition) is 2. The molecule has 1 amide bonds. The summed E-state index contributed by atoms with van der Waals surface area (Å²) in [5.74, 6) is 0.560. The van der Waals surface area contributed by atoms with Crippen molar-refractivity contribution in [1.29, 1.82) is 0 Å². The highest BCUT2D eigenvalue weighted by Crippen LogP contribution is 2.24. The molecule has 3 nitrogen and oxygen atoms in total. The van der Waals surface area contributed by atoms with Crippen LogP contribution in [-0.2, 0) is 4.79 Å². The molecule has 0 saturated heterocycles. The minimum atomic E-state index is 0.253. The predicted octanol–water partition coefficient (Wildman–Crippen LogP) is 0.512. The summed E-state index contributed by atoms with van der Waals surface area (Å²) in [5, 5.41) is 5.92. The van der Waals surface area contributed by atoms with Gasteiger partial charge in [-0.15, -0.1) is 0 Å². The van der Waals surface area contributed by atoms with Gasteiger partial charge in [-0.25, -0.2) is 0 Å². The van der Waals surface area contributed by atoms with Crippen molar-refractivity contribution in [3.63, 3.8) is 0 Å². The summed E-state index contributed by atoms with van der Waals surface area (Å²) in [5.41, 5.74) is 0. The molecule has 1 aliphatic carbocycles. The SMILES string of the molecule is CNCCNC(=O)C1CCCC1. The lowest BCUT2D eigenvalue weighted by atomic mass is 10.1. The van der Waals surface area contributed by atoms with E-state index in [4.69, 9.17) is 0 Å². The van der Waals surface area contributed by atoms with Gasteiger partial charge in [0.1, 0.15) is 0 Å². The van der Waals surface area contributed by atoms with E-state index in [1.165, 1.54) is 12.8 Å². The number of rotatable bonds is 4. The first-order chi connectivity index (χ1) is 5.84. The summed E-state index contributed by atoms with van der Waals surface area (Å²) < 4.78 is 0. The smallest absolute Gasteiger partial charge is 0.223 e. The van der Waals surface area contributed by atoms with Crippen LogP contribution in [0.15, 0.2) is 0 Å². The van der Waals surface area contributed by atoms with Gasteiger partial charge in [-0.05, 0) is 19.9 Å². The molecule has 3 heteroatoms. The first-order valence-corrected chi connectivity index (χ1v) is 4.77. The number of hydrogen-bond donors (Lipinski definition) is 2. The van der Waals surface area contributed by atoms with Gasteiger partial charge in [-0.3, -0.25) is 4.79 Å². The number of carbonyl (C=O) groups excluding carboxylic acids is 1. The van der Waals surface area contributed by atoms with Gasteiger partial charge in [0.15, 0.2) is 0 Å². The molecule has 0 heterocycles. The maximum absolute atomic E-state index is 11.4. The van der Waals surface area contributed by atoms with E-state index in [0.717, 1.165) is 25.9 Å². The fourth-order valence-corrected chi connectivity index (χ4v) is 1.64. The third kappa shape index (κ3) is 2.81. The average molecular weight is 170 g/mol. The zero-order valence-electron chi connectivity index (χ0n) is 7.73. The van der Waals surface area contributed by atoms with Crippen molar-refractivity contribution in [2.45, 2.75) is 25.7 Å². The Labute approximate surface area is 73.9 Å². The zero-order chi connectivity index (χ0) is 8.81. The molecule has 1 rings (SSSR count). The standard InChI is InChI=1S/C9H18N2O/c1-10-6-7-11-9(12)8-4-2-3-5-8/h8,10H,2-7H2,1H3,(H,11,12). The minimum Gasteiger partial charge on any atom is -0.355 e. The highest BCUT2D eigenvalue weighted by Gasteiger charge is 2.21. The summed E-state index contributed by atoms with van der Waals surface area (Å²) in [6.45, 7) is 1.62. The van der Waals surface area contributed by atoms with Gasteiger partial charge in [0.25, 0.3) is 0 Å². The molecular formula is C9H18N2O. The van der Waals surface area contributed by atoms with Crippen LogP contribution in [0.2, 0.25) is 0 Å². The van der Waals surface area contributed by atoms with Crippen LogP contribution in [0.25, 0.3) is 0 Å². The van der Waals surface area contributed by atoms with Crippen molar-refractivity contribution in [3.8, 4) is 0 Å². The summed E-state index contributed by atoms with van der Waals surface area (Å²) in [7, 11) is 1.89. The van der Waals surface area contributed by atoms with Gasteiger partial charge in [0.2, 0.25) is 5.91 Å². The minimum absolute atomic E-state index is 0.253. The van der Waals surface area contributed by atoms with Crippen LogP contribution in [0, 0.1) is 5.92 Å². The molecule has 0 radical (unpaired) electrons. The summed E-state index contributed by atoms with van der Waals surface area (Å²) in [6.07, 6.45) is 4.63. The molecule has 1 saturated carbocycles. The largest absolute Gasteiger partial charge is 0.355 e. The van der Waals surface area contributed by atoms with E-state index in [1.54, 1.807) is 0 Å². The summed E-state index contributed by atoms with van der Waals surface area (Å²) >= 11 is 0. The molecule has 0 atom stereocenters. The fraction of sp³-hybridized carbons (Fsp3) is 0.889. The maximum atomic E-state index is 11.4. The van der Waals surface area contributed by atoms with Crippen LogP contribution in [0.4, 0.5) is 0 Å². The second-order valence-electron chi connectivity index (χ2n) is 3.38. The molecule has 0 aromatic heterocycles. The number of amides is 1. The van der Waals surface area contributed by atoms with Crippen LogP contribution in [0.3, 0.4) is 0 Å². The molecular weight excluding hydrogens is 152 g/mol. The van der Waals surface area contributed by atoms with E-state index in [0.29, 0.717) is 5.92 Å². The second kappa shape index (κ2) is 5.14. The quantitative estimate of drug-likeness (QED) is 0.604. The molecule has 12 heavy (non-hydrogen) atoms. The molecule has 70 valence electrons. The molecule has 0 aliphatic heterocycles. The molecule has 2 N–H and O–H groups in total. The third-order valence-corrected chi connectivity index (χ3v) is 2.40.